The standard InChI is InChI=1S/C25H23BrN2O5/c1-3-14-32-20-11-8-17(9-12-20)25(30)33-22-13-10-19(26)15-18(22)16-27-28-24(29)21-6-4-5-7-23(21)31-2/h4-13,15-16H,3,14H2,1-2H3,(H,28,29). The third-order valence-electron chi connectivity index (χ3n) is 4.46. The Kier molecular flexibility index (Phi) is 8.60. The second-order valence-electron chi connectivity index (χ2n) is 6.84. The summed E-state index contributed by atoms with van der Waals surface area (Å²) in [6, 6.07) is 18.7. The van der Waals surface area contributed by atoms with Crippen molar-refractivity contribution >= 4 is 34.0 Å². The van der Waals surface area contributed by atoms with Gasteiger partial charge in [0.05, 0.1) is 31.1 Å². The number of hydrazone groups is 1. The third-order valence-corrected chi connectivity index (χ3v) is 4.95. The molecule has 0 aliphatic carbocycles. The molecule has 170 valence electrons. The molecular formula is C25H23BrN2O5. The molecule has 8 heteroatoms. The summed E-state index contributed by atoms with van der Waals surface area (Å²) in [4.78, 5) is 25.0. The number of carbonyl (C=O) groups excluding carboxylic acids is 2. The molecular weight excluding hydrogens is 488 g/mol. The Morgan fingerprint density at radius 3 is 2.52 bits per heavy atom. The smallest absolute Gasteiger partial charge is 0.343 e. The third kappa shape index (κ3) is 6.66. The zero-order chi connectivity index (χ0) is 23.6. The summed E-state index contributed by atoms with van der Waals surface area (Å²) in [5.74, 6) is 0.475. The number of para-hydroxylation sites is 1. The van der Waals surface area contributed by atoms with Crippen LogP contribution in [0.4, 0.5) is 0 Å². The number of hydrogen-bond donors (Lipinski definition) is 1. The monoisotopic (exact) mass is 510 g/mol. The lowest BCUT2D eigenvalue weighted by molar-refractivity contribution is 0.0734. The number of halogens is 1. The van der Waals surface area contributed by atoms with Crippen LogP contribution in [0.3, 0.4) is 0 Å². The first-order chi connectivity index (χ1) is 16.0. The average molecular weight is 511 g/mol. The van der Waals surface area contributed by atoms with Gasteiger partial charge in [-0.3, -0.25) is 4.79 Å². The van der Waals surface area contributed by atoms with Crippen LogP contribution in [-0.4, -0.2) is 31.8 Å². The van der Waals surface area contributed by atoms with E-state index in [2.05, 4.69) is 26.5 Å². The Morgan fingerprint density at radius 2 is 1.79 bits per heavy atom. The van der Waals surface area contributed by atoms with E-state index in [0.717, 1.165) is 10.9 Å². The first-order valence-electron chi connectivity index (χ1n) is 10.2. The van der Waals surface area contributed by atoms with Crippen molar-refractivity contribution in [3.63, 3.8) is 0 Å². The number of nitrogens with one attached hydrogen (secondary N) is 1. The number of esters is 1. The van der Waals surface area contributed by atoms with Crippen LogP contribution in [0, 0.1) is 0 Å². The van der Waals surface area contributed by atoms with Gasteiger partial charge in [0, 0.05) is 10.0 Å². The summed E-state index contributed by atoms with van der Waals surface area (Å²) in [6.07, 6.45) is 2.30. The lowest BCUT2D eigenvalue weighted by Crippen LogP contribution is -2.18. The van der Waals surface area contributed by atoms with Crippen LogP contribution in [0.1, 0.15) is 39.6 Å². The van der Waals surface area contributed by atoms with Crippen molar-refractivity contribution in [3.8, 4) is 17.2 Å². The number of benzene rings is 3. The van der Waals surface area contributed by atoms with E-state index in [1.807, 2.05) is 6.92 Å². The quantitative estimate of drug-likeness (QED) is 0.184. The fourth-order valence-electron chi connectivity index (χ4n) is 2.83. The lowest BCUT2D eigenvalue weighted by atomic mass is 10.2. The molecule has 0 aliphatic rings. The van der Waals surface area contributed by atoms with E-state index in [1.165, 1.54) is 13.3 Å². The minimum atomic E-state index is -0.521. The Balaban J connectivity index is 1.71. The van der Waals surface area contributed by atoms with Crippen LogP contribution < -0.4 is 19.6 Å². The van der Waals surface area contributed by atoms with Gasteiger partial charge in [0.25, 0.3) is 5.91 Å². The van der Waals surface area contributed by atoms with Crippen molar-refractivity contribution in [3.05, 3.63) is 87.9 Å². The van der Waals surface area contributed by atoms with Gasteiger partial charge in [-0.15, -0.1) is 0 Å². The number of nitrogens with zero attached hydrogens (tertiary/aromatic N) is 1. The average Bonchev–Trinajstić information content (AvgIpc) is 2.84. The molecule has 0 aromatic heterocycles. The molecule has 0 saturated heterocycles. The highest BCUT2D eigenvalue weighted by Gasteiger charge is 2.13. The summed E-state index contributed by atoms with van der Waals surface area (Å²) in [5, 5.41) is 4.01. The first kappa shape index (κ1) is 24.0. The molecule has 1 N–H and O–H groups in total. The van der Waals surface area contributed by atoms with Gasteiger partial charge in [-0.1, -0.05) is 35.0 Å². The van der Waals surface area contributed by atoms with Crippen molar-refractivity contribution in [2.45, 2.75) is 13.3 Å². The van der Waals surface area contributed by atoms with Gasteiger partial charge in [0.15, 0.2) is 0 Å². The summed E-state index contributed by atoms with van der Waals surface area (Å²) >= 11 is 3.39. The van der Waals surface area contributed by atoms with Gasteiger partial charge in [0.1, 0.15) is 17.2 Å². The topological polar surface area (TPSA) is 86.2 Å². The fraction of sp³-hybridized carbons (Fsp3) is 0.160. The van der Waals surface area contributed by atoms with Crippen molar-refractivity contribution < 1.29 is 23.8 Å². The molecule has 0 heterocycles. The number of carbonyl (C=O) groups is 2. The van der Waals surface area contributed by atoms with E-state index in [0.29, 0.717) is 40.5 Å². The molecule has 0 saturated carbocycles. The number of ether oxygens (including phenoxy) is 3. The molecule has 0 spiro atoms. The van der Waals surface area contributed by atoms with Crippen LogP contribution in [-0.2, 0) is 0 Å². The van der Waals surface area contributed by atoms with E-state index in [4.69, 9.17) is 14.2 Å². The summed E-state index contributed by atoms with van der Waals surface area (Å²) in [7, 11) is 1.49. The maximum atomic E-state index is 12.6. The number of rotatable bonds is 9. The second kappa shape index (κ2) is 11.8. The summed E-state index contributed by atoms with van der Waals surface area (Å²) in [5.41, 5.74) is 3.69. The minimum absolute atomic E-state index is 0.296. The highest BCUT2D eigenvalue weighted by atomic mass is 79.9. The van der Waals surface area contributed by atoms with Gasteiger partial charge in [-0.2, -0.15) is 5.10 Å². The lowest BCUT2D eigenvalue weighted by Gasteiger charge is -2.09. The predicted octanol–water partition coefficient (Wildman–Crippen LogP) is 5.23. The molecule has 3 rings (SSSR count). The van der Waals surface area contributed by atoms with Gasteiger partial charge >= 0.3 is 5.97 Å². The molecule has 0 fully saturated rings. The maximum Gasteiger partial charge on any atom is 0.343 e. The fourth-order valence-corrected chi connectivity index (χ4v) is 3.21. The van der Waals surface area contributed by atoms with Crippen LogP contribution in [0.5, 0.6) is 17.2 Å². The first-order valence-corrected chi connectivity index (χ1v) is 11.0. The molecule has 0 aliphatic heterocycles. The SMILES string of the molecule is CCCOc1ccc(C(=O)Oc2ccc(Br)cc2C=NNC(=O)c2ccccc2OC)cc1. The number of methoxy groups -OCH3 is 1. The van der Waals surface area contributed by atoms with E-state index in [1.54, 1.807) is 66.7 Å². The number of hydrogen-bond acceptors (Lipinski definition) is 6. The van der Waals surface area contributed by atoms with Gasteiger partial charge in [0.2, 0.25) is 0 Å². The zero-order valence-electron chi connectivity index (χ0n) is 18.2. The van der Waals surface area contributed by atoms with Crippen molar-refractivity contribution in [2.24, 2.45) is 5.10 Å². The molecule has 0 bridgehead atoms. The molecule has 0 atom stereocenters. The second-order valence-corrected chi connectivity index (χ2v) is 7.76. The highest BCUT2D eigenvalue weighted by Crippen LogP contribution is 2.23. The van der Waals surface area contributed by atoms with Crippen LogP contribution in [0.2, 0.25) is 0 Å². The summed E-state index contributed by atoms with van der Waals surface area (Å²) in [6.45, 7) is 2.63. The van der Waals surface area contributed by atoms with Gasteiger partial charge in [-0.05, 0) is 61.0 Å². The summed E-state index contributed by atoms with van der Waals surface area (Å²) < 4.78 is 17.1. The molecule has 33 heavy (non-hydrogen) atoms. The van der Waals surface area contributed by atoms with E-state index in [9.17, 15) is 9.59 Å². The van der Waals surface area contributed by atoms with Crippen molar-refractivity contribution in [1.82, 2.24) is 5.43 Å². The maximum absolute atomic E-state index is 12.6. The Morgan fingerprint density at radius 1 is 1.03 bits per heavy atom. The van der Waals surface area contributed by atoms with Gasteiger partial charge in [-0.25, -0.2) is 10.2 Å². The zero-order valence-corrected chi connectivity index (χ0v) is 19.8. The molecule has 7 nitrogen and oxygen atoms in total. The van der Waals surface area contributed by atoms with Crippen LogP contribution in [0.15, 0.2) is 76.3 Å². The van der Waals surface area contributed by atoms with Crippen molar-refractivity contribution in [2.75, 3.05) is 13.7 Å². The Bertz CT molecular complexity index is 1150. The molecule has 0 unspecified atom stereocenters. The van der Waals surface area contributed by atoms with Crippen LogP contribution in [0.25, 0.3) is 0 Å². The normalized spacial score (nSPS) is 10.6. The molecule has 1 amide bonds. The van der Waals surface area contributed by atoms with E-state index >= 15 is 0 Å². The minimum Gasteiger partial charge on any atom is -0.496 e. The number of amides is 1. The molecule has 3 aromatic carbocycles. The van der Waals surface area contributed by atoms with Crippen molar-refractivity contribution in [1.29, 1.82) is 0 Å². The van der Waals surface area contributed by atoms with Gasteiger partial charge < -0.3 is 14.2 Å². The van der Waals surface area contributed by atoms with E-state index in [-0.39, 0.29) is 0 Å². The Labute approximate surface area is 200 Å². The van der Waals surface area contributed by atoms with Crippen LogP contribution >= 0.6 is 15.9 Å². The predicted molar refractivity (Wildman–Crippen MR) is 129 cm³/mol. The largest absolute Gasteiger partial charge is 0.496 e. The van der Waals surface area contributed by atoms with E-state index < -0.39 is 11.9 Å². The molecule has 3 aromatic rings. The highest BCUT2D eigenvalue weighted by molar-refractivity contribution is 9.10. The Hall–Kier alpha value is -3.65. The molecule has 0 radical (unpaired) electrons.